The van der Waals surface area contributed by atoms with Gasteiger partial charge in [-0.3, -0.25) is 0 Å². The van der Waals surface area contributed by atoms with Crippen molar-refractivity contribution in [2.45, 2.75) is 161 Å². The first kappa shape index (κ1) is 34.9. The highest BCUT2D eigenvalue weighted by atomic mass is 15.3. The third kappa shape index (κ3) is 4.26. The molecule has 1 spiro atoms. The molecule has 7 unspecified atom stereocenters. The Labute approximate surface area is 352 Å². The fourth-order valence-electron chi connectivity index (χ4n) is 16.9. The van der Waals surface area contributed by atoms with Gasteiger partial charge >= 0.3 is 0 Å². The van der Waals surface area contributed by atoms with Crippen molar-refractivity contribution in [1.29, 1.82) is 0 Å². The molecule has 0 amide bonds. The van der Waals surface area contributed by atoms with E-state index in [-0.39, 0.29) is 17.5 Å². The monoisotopic (exact) mass is 776 g/mol. The summed E-state index contributed by atoms with van der Waals surface area (Å²) in [6.45, 7) is 21.8. The molecule has 300 valence electrons. The summed E-state index contributed by atoms with van der Waals surface area (Å²) in [6, 6.07) is 18.6. The minimum absolute atomic E-state index is 0.0262. The van der Waals surface area contributed by atoms with Crippen LogP contribution in [0.3, 0.4) is 0 Å². The van der Waals surface area contributed by atoms with Crippen LogP contribution in [0.5, 0.6) is 0 Å². The summed E-state index contributed by atoms with van der Waals surface area (Å²) < 4.78 is 2.51. The number of aryl methyl sites for hydroxylation is 3. The van der Waals surface area contributed by atoms with E-state index < -0.39 is 0 Å². The molecule has 4 aromatic carbocycles. The van der Waals surface area contributed by atoms with Crippen molar-refractivity contribution in [3.05, 3.63) is 92.7 Å². The third-order valence-corrected chi connectivity index (χ3v) is 18.9. The van der Waals surface area contributed by atoms with Gasteiger partial charge in [0.05, 0.1) is 22.6 Å². The van der Waals surface area contributed by atoms with E-state index in [0.29, 0.717) is 23.2 Å². The van der Waals surface area contributed by atoms with Crippen molar-refractivity contribution in [2.75, 3.05) is 4.90 Å². The van der Waals surface area contributed by atoms with Crippen LogP contribution in [0.15, 0.2) is 42.5 Å². The van der Waals surface area contributed by atoms with Gasteiger partial charge in [0.25, 0.3) is 6.71 Å². The van der Waals surface area contributed by atoms with Gasteiger partial charge in [0, 0.05) is 22.2 Å². The Bertz CT molecular complexity index is 2730. The Hall–Kier alpha value is -3.79. The summed E-state index contributed by atoms with van der Waals surface area (Å²) in [5.41, 5.74) is 25.9. The first-order valence-corrected chi connectivity index (χ1v) is 24.0. The van der Waals surface area contributed by atoms with Crippen LogP contribution >= 0.6 is 0 Å². The van der Waals surface area contributed by atoms with E-state index in [9.17, 15) is 0 Å². The molecular weight excluding hydrogens is 713 g/mol. The molecule has 7 atom stereocenters. The number of benzene rings is 4. The molecule has 3 nitrogen and oxygen atoms in total. The predicted molar refractivity (Wildman–Crippen MR) is 246 cm³/mol. The molecule has 15 rings (SSSR count). The van der Waals surface area contributed by atoms with Gasteiger partial charge in [-0.2, -0.15) is 5.10 Å². The highest BCUT2D eigenvalue weighted by Crippen LogP contribution is 2.76. The van der Waals surface area contributed by atoms with Gasteiger partial charge in [-0.1, -0.05) is 71.4 Å². The van der Waals surface area contributed by atoms with E-state index in [1.165, 1.54) is 126 Å². The number of anilines is 3. The minimum Gasteiger partial charge on any atom is -0.311 e. The molecule has 7 bridgehead atoms. The molecule has 0 radical (unpaired) electrons. The van der Waals surface area contributed by atoms with Crippen LogP contribution in [0.25, 0.3) is 16.6 Å². The topological polar surface area (TPSA) is 21.1 Å². The van der Waals surface area contributed by atoms with Crippen LogP contribution in [0.1, 0.15) is 180 Å². The van der Waals surface area contributed by atoms with Crippen molar-refractivity contribution < 1.29 is 0 Å². The smallest absolute Gasteiger partial charge is 0.252 e. The van der Waals surface area contributed by atoms with E-state index in [2.05, 4.69) is 114 Å². The van der Waals surface area contributed by atoms with Gasteiger partial charge in [-0.05, 0) is 217 Å². The molecule has 10 aliphatic rings. The highest BCUT2D eigenvalue weighted by molar-refractivity contribution is 7.00. The van der Waals surface area contributed by atoms with E-state index in [1.54, 1.807) is 38.6 Å². The van der Waals surface area contributed by atoms with E-state index >= 15 is 0 Å². The SMILES string of the molecule is Cc1cc(C)c(N2c3cc4c(cc3B3c5c2cc(C(C)(C)C)cc5-n2nc(C(C)(C)C)c5c6c(cc3c52)C2CC3CC(C2)CC6C3)C2CC3CC5CC4CC35C2)c(C)c1. The van der Waals surface area contributed by atoms with Crippen LogP contribution in [0, 0.1) is 49.9 Å². The molecule has 4 heteroatoms. The van der Waals surface area contributed by atoms with Gasteiger partial charge in [-0.25, -0.2) is 4.68 Å². The van der Waals surface area contributed by atoms with Gasteiger partial charge in [0.15, 0.2) is 0 Å². The molecule has 5 saturated carbocycles. The van der Waals surface area contributed by atoms with Crippen molar-refractivity contribution in [3.63, 3.8) is 0 Å². The van der Waals surface area contributed by atoms with Gasteiger partial charge in [0.1, 0.15) is 0 Å². The van der Waals surface area contributed by atoms with Crippen LogP contribution in [0.4, 0.5) is 17.1 Å². The number of hydrogen-bond donors (Lipinski definition) is 0. The van der Waals surface area contributed by atoms with Crippen molar-refractivity contribution >= 4 is 51.1 Å². The second-order valence-corrected chi connectivity index (χ2v) is 24.4. The zero-order valence-corrected chi connectivity index (χ0v) is 37.2. The molecule has 5 fully saturated rings. The molecule has 59 heavy (non-hydrogen) atoms. The Morgan fingerprint density at radius 3 is 1.90 bits per heavy atom. The zero-order chi connectivity index (χ0) is 40.0. The van der Waals surface area contributed by atoms with Crippen LogP contribution in [0.2, 0.25) is 0 Å². The van der Waals surface area contributed by atoms with Gasteiger partial charge in [-0.15, -0.1) is 0 Å². The van der Waals surface area contributed by atoms with E-state index in [4.69, 9.17) is 5.10 Å². The third-order valence-electron chi connectivity index (χ3n) is 18.9. The fraction of sp³-hybridized carbons (Fsp3) is 0.545. The lowest BCUT2D eigenvalue weighted by atomic mass is 9.33. The second kappa shape index (κ2) is 10.8. The molecular formula is C55H62BN3. The molecule has 5 aromatic rings. The molecule has 2 aliphatic heterocycles. The van der Waals surface area contributed by atoms with E-state index in [1.807, 2.05) is 0 Å². The second-order valence-electron chi connectivity index (χ2n) is 24.4. The number of hydrogen-bond acceptors (Lipinski definition) is 2. The average molecular weight is 776 g/mol. The predicted octanol–water partition coefficient (Wildman–Crippen LogP) is 11.9. The number of nitrogens with zero attached hydrogens (tertiary/aromatic N) is 3. The minimum atomic E-state index is -0.0698. The van der Waals surface area contributed by atoms with E-state index in [0.717, 1.165) is 29.6 Å². The first-order chi connectivity index (χ1) is 28.1. The molecule has 0 N–H and O–H groups in total. The summed E-state index contributed by atoms with van der Waals surface area (Å²) >= 11 is 0. The lowest BCUT2D eigenvalue weighted by Crippen LogP contribution is -2.61. The lowest BCUT2D eigenvalue weighted by molar-refractivity contribution is 0.00322. The van der Waals surface area contributed by atoms with Crippen LogP contribution < -0.4 is 21.3 Å². The summed E-state index contributed by atoms with van der Waals surface area (Å²) in [4.78, 5) is 2.79. The maximum Gasteiger partial charge on any atom is 0.252 e. The quantitative estimate of drug-likeness (QED) is 0.155. The average Bonchev–Trinajstić information content (AvgIpc) is 3.74. The molecule has 3 heterocycles. The molecule has 0 saturated heterocycles. The maximum atomic E-state index is 5.92. The molecule has 8 aliphatic carbocycles. The Kier molecular flexibility index (Phi) is 6.39. The number of aromatic nitrogens is 2. The van der Waals surface area contributed by atoms with Crippen molar-refractivity contribution in [2.24, 2.45) is 29.1 Å². The Morgan fingerprint density at radius 1 is 0.610 bits per heavy atom. The van der Waals surface area contributed by atoms with Crippen molar-refractivity contribution in [1.82, 2.24) is 9.78 Å². The zero-order valence-electron chi connectivity index (χ0n) is 37.2. The standard InChI is InChI=1S/C55H62BN3/c1-27-10-28(2)50(29(3)11-27)58-44-24-40-35-18-38-19-37-17-34(25-55(37,38)26-35)39(40)22-42(44)56-43-23-41-32-13-30-12-31(14-32)16-33(15-30)47(41)48-51(43)59(57-52(48)54(7,8)9)46-21-36(53(4,5)6)20-45(58)49(46)56/h10-11,20-24,30-35,37-38H,12-19,25-26H2,1-9H3. The molecule has 1 aromatic heterocycles. The Morgan fingerprint density at radius 2 is 1.24 bits per heavy atom. The lowest BCUT2D eigenvalue weighted by Gasteiger charge is -2.48. The maximum absolute atomic E-state index is 5.92. The first-order valence-electron chi connectivity index (χ1n) is 24.0. The summed E-state index contributed by atoms with van der Waals surface area (Å²) in [5.74, 6) is 6.49. The fourth-order valence-corrected chi connectivity index (χ4v) is 16.9. The van der Waals surface area contributed by atoms with Gasteiger partial charge < -0.3 is 4.90 Å². The van der Waals surface area contributed by atoms with Crippen molar-refractivity contribution in [3.8, 4) is 5.69 Å². The summed E-state index contributed by atoms with van der Waals surface area (Å²) in [7, 11) is 0. The van der Waals surface area contributed by atoms with Crippen LogP contribution in [-0.2, 0) is 10.8 Å². The highest BCUT2D eigenvalue weighted by Gasteiger charge is 2.66. The number of rotatable bonds is 1. The Balaban J connectivity index is 1.14. The normalized spacial score (nSPS) is 32.2. The largest absolute Gasteiger partial charge is 0.311 e. The van der Waals surface area contributed by atoms with Crippen LogP contribution in [-0.4, -0.2) is 16.5 Å². The number of fused-ring (bicyclic) bond motifs is 9. The summed E-state index contributed by atoms with van der Waals surface area (Å²) in [6.07, 6.45) is 14.2. The summed E-state index contributed by atoms with van der Waals surface area (Å²) in [5, 5.41) is 7.47. The van der Waals surface area contributed by atoms with Gasteiger partial charge in [0.2, 0.25) is 0 Å².